The number of carbonyl (C=O) groups is 2. The smallest absolute Gasteiger partial charge is 0.336 e. The van der Waals surface area contributed by atoms with Crippen LogP contribution in [0.25, 0.3) is 0 Å². The van der Waals surface area contributed by atoms with Gasteiger partial charge in [-0.05, 0) is 48.4 Å². The number of esters is 1. The van der Waals surface area contributed by atoms with Gasteiger partial charge >= 0.3 is 5.97 Å². The van der Waals surface area contributed by atoms with Crippen LogP contribution >= 0.6 is 0 Å². The number of hydrogen-bond acceptors (Lipinski definition) is 4. The summed E-state index contributed by atoms with van der Waals surface area (Å²) in [6, 6.07) is 16.0. The standard InChI is InChI=1S/C27H28FNO3/c1-16(2)15-32-27(31)24-17(3)29-22-13-20(18-7-5-4-6-8-18)14-23(30)26(22)25(24)19-9-11-21(28)12-10-19/h4-12,16,20,25,29H,13-15H2,1-3H3/t20-,25+/m0/s1. The number of allylic oxidation sites excluding steroid dienone is 3. The molecule has 2 aromatic rings. The third kappa shape index (κ3) is 4.38. The predicted molar refractivity (Wildman–Crippen MR) is 121 cm³/mol. The number of ketones is 1. The highest BCUT2D eigenvalue weighted by molar-refractivity contribution is 6.04. The van der Waals surface area contributed by atoms with Crippen molar-refractivity contribution in [2.45, 2.75) is 45.4 Å². The van der Waals surface area contributed by atoms with Crippen LogP contribution in [0.4, 0.5) is 4.39 Å². The van der Waals surface area contributed by atoms with Crippen LogP contribution in [0.1, 0.15) is 56.6 Å². The fourth-order valence-electron chi connectivity index (χ4n) is 4.58. The maximum atomic E-state index is 13.6. The lowest BCUT2D eigenvalue weighted by Crippen LogP contribution is -2.36. The molecule has 0 amide bonds. The molecule has 1 heterocycles. The zero-order valence-electron chi connectivity index (χ0n) is 18.7. The van der Waals surface area contributed by atoms with Gasteiger partial charge in [0.1, 0.15) is 5.82 Å². The fourth-order valence-corrected chi connectivity index (χ4v) is 4.58. The molecule has 166 valence electrons. The van der Waals surface area contributed by atoms with E-state index in [1.165, 1.54) is 12.1 Å². The SMILES string of the molecule is CC1=C(C(=O)OCC(C)C)[C@@H](c2ccc(F)cc2)C2=C(C[C@H](c3ccccc3)CC2=O)N1. The molecule has 0 aromatic heterocycles. The fraction of sp³-hybridized carbons (Fsp3) is 0.333. The molecule has 1 aliphatic carbocycles. The Hall–Kier alpha value is -3.21. The lowest BCUT2D eigenvalue weighted by atomic mass is 9.72. The molecule has 0 radical (unpaired) electrons. The van der Waals surface area contributed by atoms with Crippen LogP contribution < -0.4 is 5.32 Å². The normalized spacial score (nSPS) is 20.8. The van der Waals surface area contributed by atoms with E-state index in [0.717, 1.165) is 11.3 Å². The van der Waals surface area contributed by atoms with Crippen molar-refractivity contribution >= 4 is 11.8 Å². The average Bonchev–Trinajstić information content (AvgIpc) is 2.77. The maximum absolute atomic E-state index is 13.6. The predicted octanol–water partition coefficient (Wildman–Crippen LogP) is 5.39. The van der Waals surface area contributed by atoms with Crippen molar-refractivity contribution in [2.24, 2.45) is 5.92 Å². The van der Waals surface area contributed by atoms with Gasteiger partial charge in [0.05, 0.1) is 12.2 Å². The van der Waals surface area contributed by atoms with Crippen molar-refractivity contribution in [3.8, 4) is 0 Å². The first-order chi connectivity index (χ1) is 15.3. The highest BCUT2D eigenvalue weighted by Crippen LogP contribution is 2.45. The number of halogens is 1. The van der Waals surface area contributed by atoms with Crippen molar-refractivity contribution in [3.63, 3.8) is 0 Å². The number of hydrogen-bond donors (Lipinski definition) is 1. The molecule has 32 heavy (non-hydrogen) atoms. The van der Waals surface area contributed by atoms with E-state index in [4.69, 9.17) is 4.74 Å². The summed E-state index contributed by atoms with van der Waals surface area (Å²) in [4.78, 5) is 26.6. The summed E-state index contributed by atoms with van der Waals surface area (Å²) in [6.45, 7) is 6.07. The number of rotatable bonds is 5. The maximum Gasteiger partial charge on any atom is 0.336 e. The molecule has 5 heteroatoms. The summed E-state index contributed by atoms with van der Waals surface area (Å²) < 4.78 is 19.2. The van der Waals surface area contributed by atoms with Gasteiger partial charge in [-0.3, -0.25) is 4.79 Å². The first kappa shape index (κ1) is 22.0. The van der Waals surface area contributed by atoms with Gasteiger partial charge in [-0.1, -0.05) is 56.3 Å². The number of nitrogens with one attached hydrogen (secondary N) is 1. The second-order valence-corrected chi connectivity index (χ2v) is 8.97. The molecule has 0 saturated heterocycles. The van der Waals surface area contributed by atoms with Gasteiger partial charge in [0.25, 0.3) is 0 Å². The number of dihydropyridines is 1. The van der Waals surface area contributed by atoms with Gasteiger partial charge in [0.15, 0.2) is 5.78 Å². The largest absolute Gasteiger partial charge is 0.462 e. The molecule has 2 aromatic carbocycles. The minimum absolute atomic E-state index is 0.00332. The Balaban J connectivity index is 1.76. The third-order valence-electron chi connectivity index (χ3n) is 6.07. The van der Waals surface area contributed by atoms with Gasteiger partial charge in [0.2, 0.25) is 0 Å². The minimum Gasteiger partial charge on any atom is -0.462 e. The lowest BCUT2D eigenvalue weighted by Gasteiger charge is -2.36. The second-order valence-electron chi connectivity index (χ2n) is 8.97. The Morgan fingerprint density at radius 2 is 1.75 bits per heavy atom. The summed E-state index contributed by atoms with van der Waals surface area (Å²) in [5.41, 5.74) is 4.35. The molecule has 0 fully saturated rings. The number of benzene rings is 2. The monoisotopic (exact) mass is 433 g/mol. The third-order valence-corrected chi connectivity index (χ3v) is 6.07. The van der Waals surface area contributed by atoms with Crippen LogP contribution in [-0.4, -0.2) is 18.4 Å². The van der Waals surface area contributed by atoms with Crippen molar-refractivity contribution in [3.05, 3.63) is 94.1 Å². The molecule has 2 atom stereocenters. The zero-order chi connectivity index (χ0) is 22.8. The van der Waals surface area contributed by atoms with E-state index in [9.17, 15) is 14.0 Å². The first-order valence-corrected chi connectivity index (χ1v) is 11.1. The van der Waals surface area contributed by atoms with Crippen molar-refractivity contribution in [2.75, 3.05) is 6.61 Å². The van der Waals surface area contributed by atoms with Crippen molar-refractivity contribution in [1.29, 1.82) is 0 Å². The molecule has 0 unspecified atom stereocenters. The summed E-state index contributed by atoms with van der Waals surface area (Å²) >= 11 is 0. The molecule has 0 bridgehead atoms. The molecular formula is C27H28FNO3. The molecule has 1 aliphatic heterocycles. The first-order valence-electron chi connectivity index (χ1n) is 11.1. The van der Waals surface area contributed by atoms with Crippen LogP contribution in [0.3, 0.4) is 0 Å². The topological polar surface area (TPSA) is 55.4 Å². The van der Waals surface area contributed by atoms with Gasteiger partial charge in [-0.25, -0.2) is 9.18 Å². The van der Waals surface area contributed by atoms with Gasteiger partial charge in [-0.2, -0.15) is 0 Å². The van der Waals surface area contributed by atoms with Crippen LogP contribution in [0.2, 0.25) is 0 Å². The molecule has 0 saturated carbocycles. The Morgan fingerprint density at radius 3 is 2.41 bits per heavy atom. The molecule has 1 N–H and O–H groups in total. The van der Waals surface area contributed by atoms with Gasteiger partial charge in [-0.15, -0.1) is 0 Å². The van der Waals surface area contributed by atoms with E-state index in [2.05, 4.69) is 5.32 Å². The molecule has 4 rings (SSSR count). The van der Waals surface area contributed by atoms with Gasteiger partial charge < -0.3 is 10.1 Å². The van der Waals surface area contributed by atoms with Crippen LogP contribution in [0.15, 0.2) is 77.1 Å². The second kappa shape index (κ2) is 9.11. The van der Waals surface area contributed by atoms with E-state index in [0.29, 0.717) is 41.9 Å². The molecule has 0 spiro atoms. The van der Waals surface area contributed by atoms with E-state index in [1.54, 1.807) is 12.1 Å². The number of ether oxygens (including phenoxy) is 1. The molecular weight excluding hydrogens is 405 g/mol. The van der Waals surface area contributed by atoms with Crippen LogP contribution in [0.5, 0.6) is 0 Å². The quantitative estimate of drug-likeness (QED) is 0.643. The van der Waals surface area contributed by atoms with E-state index < -0.39 is 11.9 Å². The Labute approximate surface area is 188 Å². The Kier molecular flexibility index (Phi) is 6.26. The molecule has 4 nitrogen and oxygen atoms in total. The van der Waals surface area contributed by atoms with E-state index in [-0.39, 0.29) is 23.4 Å². The summed E-state index contributed by atoms with van der Waals surface area (Å²) in [5.74, 6) is -1.10. The number of carbonyl (C=O) groups excluding carboxylic acids is 2. The van der Waals surface area contributed by atoms with Crippen LogP contribution in [-0.2, 0) is 14.3 Å². The zero-order valence-corrected chi connectivity index (χ0v) is 18.7. The Morgan fingerprint density at radius 1 is 1.06 bits per heavy atom. The van der Waals surface area contributed by atoms with Crippen LogP contribution in [0, 0.1) is 11.7 Å². The Bertz CT molecular complexity index is 1080. The summed E-state index contributed by atoms with van der Waals surface area (Å²) in [7, 11) is 0. The van der Waals surface area contributed by atoms with E-state index >= 15 is 0 Å². The minimum atomic E-state index is -0.573. The average molecular weight is 434 g/mol. The number of Topliss-reactive ketones (excluding diaryl/α,β-unsaturated/α-hetero) is 1. The van der Waals surface area contributed by atoms with E-state index in [1.807, 2.05) is 51.1 Å². The summed E-state index contributed by atoms with van der Waals surface area (Å²) in [5, 5.41) is 3.34. The highest BCUT2D eigenvalue weighted by Gasteiger charge is 2.41. The van der Waals surface area contributed by atoms with Gasteiger partial charge in [0, 0.05) is 29.3 Å². The van der Waals surface area contributed by atoms with Crippen molar-refractivity contribution in [1.82, 2.24) is 5.32 Å². The summed E-state index contributed by atoms with van der Waals surface area (Å²) in [6.07, 6.45) is 1.05. The lowest BCUT2D eigenvalue weighted by molar-refractivity contribution is -0.140. The van der Waals surface area contributed by atoms with Crippen molar-refractivity contribution < 1.29 is 18.7 Å². The molecule has 2 aliphatic rings. The highest BCUT2D eigenvalue weighted by atomic mass is 19.1.